The Balaban J connectivity index is 2.10. The number of carbonyl (C=O) groups excluding carboxylic acids is 5. The fraction of sp³-hybridized carbons (Fsp3) is 0.577. The van der Waals surface area contributed by atoms with Crippen molar-refractivity contribution in [3.8, 4) is 0 Å². The lowest BCUT2D eigenvalue weighted by atomic mass is 9.88. The van der Waals surface area contributed by atoms with E-state index in [0.717, 1.165) is 26.3 Å². The maximum absolute atomic E-state index is 13.0. The largest absolute Gasteiger partial charge is 0.465 e. The van der Waals surface area contributed by atoms with Gasteiger partial charge >= 0.3 is 29.8 Å². The van der Waals surface area contributed by atoms with Crippen molar-refractivity contribution < 1.29 is 57.2 Å². The van der Waals surface area contributed by atoms with Gasteiger partial charge in [0.1, 0.15) is 18.8 Å². The Morgan fingerprint density at radius 1 is 0.872 bits per heavy atom. The van der Waals surface area contributed by atoms with E-state index >= 15 is 0 Å². The number of ether oxygens (including phenoxy) is 6. The average Bonchev–Trinajstić information content (AvgIpc) is 3.20. The first-order valence-electron chi connectivity index (χ1n) is 12.4. The summed E-state index contributed by atoms with van der Waals surface area (Å²) in [5.41, 5.74) is 0.787. The van der Waals surface area contributed by atoms with Gasteiger partial charge in [-0.05, 0) is 12.5 Å². The average molecular weight is 552 g/mol. The van der Waals surface area contributed by atoms with E-state index in [0.29, 0.717) is 0 Å². The highest BCUT2D eigenvalue weighted by Crippen LogP contribution is 2.45. The highest BCUT2D eigenvalue weighted by Gasteiger charge is 2.66. The van der Waals surface area contributed by atoms with Gasteiger partial charge in [-0.3, -0.25) is 28.8 Å². The number of benzene rings is 1. The number of esters is 5. The van der Waals surface area contributed by atoms with Crippen LogP contribution in [0.1, 0.15) is 46.6 Å². The number of hydrogen-bond acceptors (Lipinski definition) is 13. The monoisotopic (exact) mass is 551 g/mol. The Morgan fingerprint density at radius 3 is 2.05 bits per heavy atom. The van der Waals surface area contributed by atoms with E-state index < -0.39 is 72.7 Å². The zero-order valence-corrected chi connectivity index (χ0v) is 22.4. The lowest BCUT2D eigenvalue weighted by Crippen LogP contribution is -2.68. The molecule has 0 aromatic heterocycles. The van der Waals surface area contributed by atoms with Crippen LogP contribution in [-0.4, -0.2) is 84.4 Å². The van der Waals surface area contributed by atoms with Crippen LogP contribution >= 0.6 is 0 Å². The van der Waals surface area contributed by atoms with Crippen LogP contribution in [0, 0.1) is 0 Å². The molecule has 214 valence electrons. The van der Waals surface area contributed by atoms with Crippen LogP contribution in [0.15, 0.2) is 30.3 Å². The van der Waals surface area contributed by atoms with E-state index in [1.807, 2.05) is 30.3 Å². The van der Waals surface area contributed by atoms with Gasteiger partial charge in [0.2, 0.25) is 5.79 Å². The molecule has 2 heterocycles. The second-order valence-corrected chi connectivity index (χ2v) is 9.07. The van der Waals surface area contributed by atoms with Crippen molar-refractivity contribution in [2.45, 2.75) is 83.8 Å². The molecule has 39 heavy (non-hydrogen) atoms. The molecule has 0 amide bonds. The first kappa shape index (κ1) is 30.0. The molecule has 1 aromatic rings. The third kappa shape index (κ3) is 7.52. The summed E-state index contributed by atoms with van der Waals surface area (Å²) in [6.07, 6.45) is -5.74. The molecule has 2 fully saturated rings. The van der Waals surface area contributed by atoms with Gasteiger partial charge in [0.05, 0.1) is 13.2 Å². The topological polar surface area (TPSA) is 153 Å². The molecule has 0 bridgehead atoms. The molecule has 2 aliphatic rings. The van der Waals surface area contributed by atoms with E-state index in [-0.39, 0.29) is 19.6 Å². The van der Waals surface area contributed by atoms with Crippen LogP contribution in [0.25, 0.3) is 0 Å². The standard InChI is InChI=1S/C26H33NO12/c1-6-33-25(32)20-12-26(39-27(20)13-19-10-8-7-9-11-19)24(37-18(5)31)23(36-17(4)30)22(35-16(3)29)21(38-26)14-34-15(2)28/h7-11,20-24H,6,12-14H2,1-5H3/t20-,21?,22-,23+,24-,26-/m1/s1. The summed E-state index contributed by atoms with van der Waals surface area (Å²) in [5.74, 6) is -5.51. The second-order valence-electron chi connectivity index (χ2n) is 9.07. The third-order valence-corrected chi connectivity index (χ3v) is 5.96. The fourth-order valence-electron chi connectivity index (χ4n) is 4.60. The molecule has 13 heteroatoms. The molecule has 3 rings (SSSR count). The van der Waals surface area contributed by atoms with Gasteiger partial charge in [-0.25, -0.2) is 0 Å². The minimum atomic E-state index is -1.92. The predicted molar refractivity (Wildman–Crippen MR) is 129 cm³/mol. The first-order valence-corrected chi connectivity index (χ1v) is 12.4. The zero-order chi connectivity index (χ0) is 28.7. The maximum Gasteiger partial charge on any atom is 0.325 e. The van der Waals surface area contributed by atoms with Crippen molar-refractivity contribution in [3.05, 3.63) is 35.9 Å². The van der Waals surface area contributed by atoms with Crippen molar-refractivity contribution in [3.63, 3.8) is 0 Å². The normalized spacial score (nSPS) is 28.4. The first-order chi connectivity index (χ1) is 18.5. The van der Waals surface area contributed by atoms with E-state index in [1.165, 1.54) is 12.0 Å². The number of hydrogen-bond donors (Lipinski definition) is 0. The summed E-state index contributed by atoms with van der Waals surface area (Å²) >= 11 is 0. The van der Waals surface area contributed by atoms with Crippen molar-refractivity contribution in [2.24, 2.45) is 0 Å². The molecule has 1 aromatic carbocycles. The molecule has 0 N–H and O–H groups in total. The van der Waals surface area contributed by atoms with Gasteiger partial charge in [-0.1, -0.05) is 30.3 Å². The van der Waals surface area contributed by atoms with Crippen molar-refractivity contribution in [1.82, 2.24) is 5.06 Å². The van der Waals surface area contributed by atoms with Crippen LogP contribution < -0.4 is 0 Å². The van der Waals surface area contributed by atoms with Crippen molar-refractivity contribution >= 4 is 29.8 Å². The highest BCUT2D eigenvalue weighted by molar-refractivity contribution is 5.76. The van der Waals surface area contributed by atoms with E-state index in [9.17, 15) is 24.0 Å². The summed E-state index contributed by atoms with van der Waals surface area (Å²) < 4.78 is 33.2. The Kier molecular flexibility index (Phi) is 10.0. The van der Waals surface area contributed by atoms with E-state index in [2.05, 4.69) is 0 Å². The number of rotatable bonds is 9. The van der Waals surface area contributed by atoms with Gasteiger partial charge in [-0.15, -0.1) is 0 Å². The molecule has 0 saturated carbocycles. The zero-order valence-electron chi connectivity index (χ0n) is 22.4. The molecule has 13 nitrogen and oxygen atoms in total. The summed E-state index contributed by atoms with van der Waals surface area (Å²) in [4.78, 5) is 67.3. The lowest BCUT2D eigenvalue weighted by Gasteiger charge is -2.48. The third-order valence-electron chi connectivity index (χ3n) is 5.96. The van der Waals surface area contributed by atoms with Crippen molar-refractivity contribution in [2.75, 3.05) is 13.2 Å². The van der Waals surface area contributed by atoms with E-state index in [1.54, 1.807) is 6.92 Å². The minimum absolute atomic E-state index is 0.0927. The van der Waals surface area contributed by atoms with Gasteiger partial charge in [0.25, 0.3) is 0 Å². The Labute approximate surface area is 225 Å². The number of carbonyl (C=O) groups is 5. The SMILES string of the molecule is CCOC(=O)[C@H]1C[C@@]2(OC(COC(C)=O)[C@@H](OC(C)=O)[C@H](OC(C)=O)[C@H]2OC(C)=O)ON1Cc1ccccc1. The maximum atomic E-state index is 13.0. The lowest BCUT2D eigenvalue weighted by molar-refractivity contribution is -0.395. The minimum Gasteiger partial charge on any atom is -0.465 e. The summed E-state index contributed by atoms with van der Waals surface area (Å²) in [5, 5.41) is 1.34. The molecular weight excluding hydrogens is 518 g/mol. The van der Waals surface area contributed by atoms with Crippen LogP contribution in [0.3, 0.4) is 0 Å². The Hall–Kier alpha value is -3.55. The molecule has 0 radical (unpaired) electrons. The van der Waals surface area contributed by atoms with Crippen molar-refractivity contribution in [1.29, 1.82) is 0 Å². The van der Waals surface area contributed by atoms with Gasteiger partial charge < -0.3 is 28.4 Å². The van der Waals surface area contributed by atoms with Crippen LogP contribution in [0.2, 0.25) is 0 Å². The predicted octanol–water partition coefficient (Wildman–Crippen LogP) is 1.21. The second kappa shape index (κ2) is 13.0. The van der Waals surface area contributed by atoms with Gasteiger partial charge in [0.15, 0.2) is 18.3 Å². The molecule has 0 aliphatic carbocycles. The molecule has 1 unspecified atom stereocenters. The van der Waals surface area contributed by atoms with Gasteiger partial charge in [0, 0.05) is 34.1 Å². The molecule has 6 atom stereocenters. The number of hydroxylamine groups is 2. The summed E-state index contributed by atoms with van der Waals surface area (Å²) in [6, 6.07) is 8.08. The molecule has 2 saturated heterocycles. The van der Waals surface area contributed by atoms with Crippen LogP contribution in [0.5, 0.6) is 0 Å². The van der Waals surface area contributed by atoms with Gasteiger partial charge in [-0.2, -0.15) is 5.06 Å². The summed E-state index contributed by atoms with van der Waals surface area (Å²) in [6.45, 7) is 5.99. The molecule has 2 aliphatic heterocycles. The number of nitrogens with zero attached hydrogens (tertiary/aromatic N) is 1. The fourth-order valence-corrected chi connectivity index (χ4v) is 4.60. The van der Waals surface area contributed by atoms with Crippen LogP contribution in [-0.2, 0) is 63.8 Å². The highest BCUT2D eigenvalue weighted by atomic mass is 16.8. The van der Waals surface area contributed by atoms with Crippen LogP contribution in [0.4, 0.5) is 0 Å². The smallest absolute Gasteiger partial charge is 0.325 e. The molecule has 1 spiro atoms. The molecular formula is C26H33NO12. The Morgan fingerprint density at radius 2 is 1.49 bits per heavy atom. The van der Waals surface area contributed by atoms with E-state index in [4.69, 9.17) is 33.3 Å². The quantitative estimate of drug-likeness (QED) is 0.319. The Bertz CT molecular complexity index is 1060. The summed E-state index contributed by atoms with van der Waals surface area (Å²) in [7, 11) is 0.